The van der Waals surface area contributed by atoms with Crippen LogP contribution in [0.2, 0.25) is 0 Å². The largest absolute Gasteiger partial charge is 0.478 e. The Bertz CT molecular complexity index is 535. The first-order valence-electron chi connectivity index (χ1n) is 6.81. The SMILES string of the molecule is CC1CCCN(C(=O)c2ccc(C=CC(=O)O)s2)C1C. The topological polar surface area (TPSA) is 57.6 Å². The zero-order valence-electron chi connectivity index (χ0n) is 11.7. The number of nitrogens with zero attached hydrogens (tertiary/aromatic N) is 1. The van der Waals surface area contributed by atoms with Crippen molar-refractivity contribution < 1.29 is 14.7 Å². The lowest BCUT2D eigenvalue weighted by atomic mass is 9.92. The minimum Gasteiger partial charge on any atom is -0.478 e. The average molecular weight is 293 g/mol. The fraction of sp³-hybridized carbons (Fsp3) is 0.467. The number of amides is 1. The van der Waals surface area contributed by atoms with Crippen molar-refractivity contribution >= 4 is 29.3 Å². The quantitative estimate of drug-likeness (QED) is 0.871. The van der Waals surface area contributed by atoms with Gasteiger partial charge in [-0.3, -0.25) is 4.79 Å². The third kappa shape index (κ3) is 3.28. The number of hydrogen-bond acceptors (Lipinski definition) is 3. The maximum Gasteiger partial charge on any atom is 0.328 e. The molecule has 1 aromatic rings. The van der Waals surface area contributed by atoms with Gasteiger partial charge in [0.2, 0.25) is 0 Å². The monoisotopic (exact) mass is 293 g/mol. The number of carboxylic acids is 1. The first-order chi connectivity index (χ1) is 9.49. The van der Waals surface area contributed by atoms with Crippen molar-refractivity contribution in [2.45, 2.75) is 32.7 Å². The molecule has 1 aromatic heterocycles. The minimum absolute atomic E-state index is 0.0593. The van der Waals surface area contributed by atoms with Crippen molar-refractivity contribution in [2.75, 3.05) is 6.54 Å². The number of hydrogen-bond donors (Lipinski definition) is 1. The summed E-state index contributed by atoms with van der Waals surface area (Å²) >= 11 is 1.34. The summed E-state index contributed by atoms with van der Waals surface area (Å²) in [7, 11) is 0. The average Bonchev–Trinajstić information content (AvgIpc) is 2.87. The standard InChI is InChI=1S/C15H19NO3S/c1-10-4-3-9-16(11(10)2)15(19)13-7-5-12(20-13)6-8-14(17)18/h5-8,10-11H,3-4,9H2,1-2H3,(H,17,18). The Kier molecular flexibility index (Phi) is 4.60. The number of carbonyl (C=O) groups excluding carboxylic acids is 1. The van der Waals surface area contributed by atoms with E-state index in [1.54, 1.807) is 12.1 Å². The summed E-state index contributed by atoms with van der Waals surface area (Å²) in [4.78, 5) is 26.4. The molecule has 20 heavy (non-hydrogen) atoms. The van der Waals surface area contributed by atoms with E-state index in [1.807, 2.05) is 4.90 Å². The Morgan fingerprint density at radius 1 is 1.40 bits per heavy atom. The van der Waals surface area contributed by atoms with Crippen LogP contribution in [0.4, 0.5) is 0 Å². The molecule has 1 aliphatic heterocycles. The number of piperidine rings is 1. The molecule has 1 fully saturated rings. The second-order valence-electron chi connectivity index (χ2n) is 5.23. The lowest BCUT2D eigenvalue weighted by Gasteiger charge is -2.37. The number of rotatable bonds is 3. The molecule has 108 valence electrons. The van der Waals surface area contributed by atoms with Crippen LogP contribution in [0.5, 0.6) is 0 Å². The summed E-state index contributed by atoms with van der Waals surface area (Å²) in [6, 6.07) is 3.83. The Balaban J connectivity index is 2.11. The lowest BCUT2D eigenvalue weighted by Crippen LogP contribution is -2.45. The molecule has 0 aliphatic carbocycles. The zero-order valence-corrected chi connectivity index (χ0v) is 12.5. The van der Waals surface area contributed by atoms with E-state index >= 15 is 0 Å². The van der Waals surface area contributed by atoms with Gasteiger partial charge in [0.15, 0.2) is 0 Å². The molecule has 5 heteroatoms. The van der Waals surface area contributed by atoms with E-state index < -0.39 is 5.97 Å². The maximum atomic E-state index is 12.5. The second kappa shape index (κ2) is 6.22. The summed E-state index contributed by atoms with van der Waals surface area (Å²) < 4.78 is 0. The number of aliphatic carboxylic acids is 1. The molecule has 1 saturated heterocycles. The van der Waals surface area contributed by atoms with Gasteiger partial charge in [-0.1, -0.05) is 6.92 Å². The highest BCUT2D eigenvalue weighted by atomic mass is 32.1. The van der Waals surface area contributed by atoms with Gasteiger partial charge in [-0.25, -0.2) is 4.79 Å². The summed E-state index contributed by atoms with van der Waals surface area (Å²) in [6.07, 6.45) is 4.83. The maximum absolute atomic E-state index is 12.5. The highest BCUT2D eigenvalue weighted by molar-refractivity contribution is 7.14. The molecule has 1 N–H and O–H groups in total. The molecule has 4 nitrogen and oxygen atoms in total. The van der Waals surface area contributed by atoms with Crippen LogP contribution in [-0.2, 0) is 4.79 Å². The van der Waals surface area contributed by atoms with Gasteiger partial charge in [0.25, 0.3) is 5.91 Å². The predicted molar refractivity (Wildman–Crippen MR) is 79.9 cm³/mol. The number of thiophene rings is 1. The van der Waals surface area contributed by atoms with Crippen molar-refractivity contribution in [1.82, 2.24) is 4.90 Å². The van der Waals surface area contributed by atoms with Crippen molar-refractivity contribution in [2.24, 2.45) is 5.92 Å². The van der Waals surface area contributed by atoms with E-state index in [9.17, 15) is 9.59 Å². The fourth-order valence-corrected chi connectivity index (χ4v) is 3.34. The summed E-state index contributed by atoms with van der Waals surface area (Å²) in [5.41, 5.74) is 0. The predicted octanol–water partition coefficient (Wildman–Crippen LogP) is 3.11. The summed E-state index contributed by atoms with van der Waals surface area (Å²) in [6.45, 7) is 5.09. The molecular formula is C15H19NO3S. The smallest absolute Gasteiger partial charge is 0.328 e. The van der Waals surface area contributed by atoms with Crippen molar-refractivity contribution in [3.63, 3.8) is 0 Å². The van der Waals surface area contributed by atoms with Gasteiger partial charge < -0.3 is 10.0 Å². The molecule has 1 amide bonds. The van der Waals surface area contributed by atoms with Gasteiger partial charge in [-0.2, -0.15) is 0 Å². The molecule has 0 bridgehead atoms. The minimum atomic E-state index is -0.982. The Morgan fingerprint density at radius 2 is 2.15 bits per heavy atom. The highest BCUT2D eigenvalue weighted by Crippen LogP contribution is 2.27. The zero-order chi connectivity index (χ0) is 14.7. The van der Waals surface area contributed by atoms with Crippen LogP contribution in [0, 0.1) is 5.92 Å². The van der Waals surface area contributed by atoms with Crippen molar-refractivity contribution in [3.8, 4) is 0 Å². The summed E-state index contributed by atoms with van der Waals surface area (Å²) in [5, 5.41) is 8.60. The van der Waals surface area contributed by atoms with E-state index in [1.165, 1.54) is 23.8 Å². The molecule has 0 radical (unpaired) electrons. The van der Waals surface area contributed by atoms with Crippen LogP contribution in [-0.4, -0.2) is 34.5 Å². The van der Waals surface area contributed by atoms with Gasteiger partial charge >= 0.3 is 5.97 Å². The van der Waals surface area contributed by atoms with Gasteiger partial charge in [0, 0.05) is 23.5 Å². The van der Waals surface area contributed by atoms with Crippen molar-refractivity contribution in [3.05, 3.63) is 28.0 Å². The van der Waals surface area contributed by atoms with Crippen molar-refractivity contribution in [1.29, 1.82) is 0 Å². The van der Waals surface area contributed by atoms with Gasteiger partial charge in [-0.05, 0) is 43.9 Å². The molecule has 0 aromatic carbocycles. The van der Waals surface area contributed by atoms with E-state index in [4.69, 9.17) is 5.11 Å². The lowest BCUT2D eigenvalue weighted by molar-refractivity contribution is -0.131. The van der Waals surface area contributed by atoms with Crippen LogP contribution in [0.1, 0.15) is 41.2 Å². The molecule has 2 unspecified atom stereocenters. The third-order valence-corrected chi connectivity index (χ3v) is 4.90. The van der Waals surface area contributed by atoms with Gasteiger partial charge in [0.1, 0.15) is 0 Å². The number of carboxylic acid groups (broad SMARTS) is 1. The Labute approximate surface area is 122 Å². The molecule has 2 heterocycles. The van der Waals surface area contributed by atoms with E-state index in [0.717, 1.165) is 23.9 Å². The Morgan fingerprint density at radius 3 is 2.85 bits per heavy atom. The normalized spacial score (nSPS) is 23.2. The molecule has 2 atom stereocenters. The third-order valence-electron chi connectivity index (χ3n) is 3.86. The highest BCUT2D eigenvalue weighted by Gasteiger charge is 2.29. The summed E-state index contributed by atoms with van der Waals surface area (Å²) in [5.74, 6) is -0.396. The van der Waals surface area contributed by atoms with Crippen LogP contribution in [0.25, 0.3) is 6.08 Å². The van der Waals surface area contributed by atoms with Crippen LogP contribution in [0.3, 0.4) is 0 Å². The van der Waals surface area contributed by atoms with E-state index in [0.29, 0.717) is 10.8 Å². The van der Waals surface area contributed by atoms with Gasteiger partial charge in [0.05, 0.1) is 4.88 Å². The molecular weight excluding hydrogens is 274 g/mol. The molecule has 2 rings (SSSR count). The van der Waals surface area contributed by atoms with E-state index in [2.05, 4.69) is 13.8 Å². The van der Waals surface area contributed by atoms with Gasteiger partial charge in [-0.15, -0.1) is 11.3 Å². The Hall–Kier alpha value is -1.62. The molecule has 0 saturated carbocycles. The van der Waals surface area contributed by atoms with Crippen LogP contribution < -0.4 is 0 Å². The first-order valence-corrected chi connectivity index (χ1v) is 7.62. The fourth-order valence-electron chi connectivity index (χ4n) is 2.47. The second-order valence-corrected chi connectivity index (χ2v) is 6.35. The van der Waals surface area contributed by atoms with Crippen LogP contribution in [0.15, 0.2) is 18.2 Å². The van der Waals surface area contributed by atoms with Crippen LogP contribution >= 0.6 is 11.3 Å². The van der Waals surface area contributed by atoms with E-state index in [-0.39, 0.29) is 11.9 Å². The first kappa shape index (κ1) is 14.8. The molecule has 0 spiro atoms. The molecule has 1 aliphatic rings. The number of carbonyl (C=O) groups is 2. The number of likely N-dealkylation sites (tertiary alicyclic amines) is 1.